The summed E-state index contributed by atoms with van der Waals surface area (Å²) in [5.74, 6) is -0.870. The lowest BCUT2D eigenvalue weighted by molar-refractivity contribution is -0.138. The van der Waals surface area contributed by atoms with Crippen LogP contribution >= 0.6 is 11.6 Å². The van der Waals surface area contributed by atoms with Gasteiger partial charge in [0.15, 0.2) is 0 Å². The van der Waals surface area contributed by atoms with Crippen LogP contribution in [0.3, 0.4) is 0 Å². The van der Waals surface area contributed by atoms with Gasteiger partial charge >= 0.3 is 12.1 Å². The molecule has 5 nitrogen and oxygen atoms in total. The summed E-state index contributed by atoms with van der Waals surface area (Å²) < 4.78 is 44.8. The Morgan fingerprint density at radius 1 is 1.06 bits per heavy atom. The maximum absolute atomic E-state index is 12.9. The van der Waals surface area contributed by atoms with Crippen molar-refractivity contribution in [2.75, 3.05) is 4.90 Å². The smallest absolute Gasteiger partial charge is 0.416 e. The molecule has 170 valence electrons. The van der Waals surface area contributed by atoms with E-state index in [4.69, 9.17) is 21.4 Å². The monoisotopic (exact) mass is 475 g/mol. The fraction of sp³-hybridized carbons (Fsp3) is 0.167. The Kier molecular flexibility index (Phi) is 6.03. The summed E-state index contributed by atoms with van der Waals surface area (Å²) >= 11 is 6.09. The molecule has 0 unspecified atom stereocenters. The number of ether oxygens (including phenoxy) is 1. The van der Waals surface area contributed by atoms with Gasteiger partial charge in [-0.3, -0.25) is 9.59 Å². The van der Waals surface area contributed by atoms with E-state index < -0.39 is 17.7 Å². The Morgan fingerprint density at radius 3 is 2.48 bits per heavy atom. The Morgan fingerprint density at radius 2 is 1.79 bits per heavy atom. The van der Waals surface area contributed by atoms with E-state index in [9.17, 15) is 22.8 Å². The Labute approximate surface area is 192 Å². The number of hydrogen-bond acceptors (Lipinski definition) is 3. The second-order valence-electron chi connectivity index (χ2n) is 7.52. The van der Waals surface area contributed by atoms with Gasteiger partial charge in [-0.05, 0) is 41.5 Å². The van der Waals surface area contributed by atoms with Crippen molar-refractivity contribution in [1.82, 2.24) is 0 Å². The van der Waals surface area contributed by atoms with Crippen molar-refractivity contribution in [3.05, 3.63) is 93.5 Å². The van der Waals surface area contributed by atoms with Crippen molar-refractivity contribution in [3.63, 3.8) is 0 Å². The maximum atomic E-state index is 12.9. The first-order valence-electron chi connectivity index (χ1n) is 9.86. The topological polar surface area (TPSA) is 66.8 Å². The second-order valence-corrected chi connectivity index (χ2v) is 7.92. The number of aliphatic carboxylic acids is 1. The van der Waals surface area contributed by atoms with Gasteiger partial charge in [-0.25, -0.2) is 0 Å². The minimum atomic E-state index is -4.54. The summed E-state index contributed by atoms with van der Waals surface area (Å²) in [5.41, 5.74) is 1.66. The number of rotatable bonds is 6. The zero-order valence-corrected chi connectivity index (χ0v) is 17.8. The SMILES string of the molecule is O=C(O)Cc1cccc(COc2cccc3c2CN(c2ccc(C(F)(F)F)cc2Cl)C3=O)c1. The molecule has 0 radical (unpaired) electrons. The number of carboxylic acids is 1. The highest BCUT2D eigenvalue weighted by molar-refractivity contribution is 6.34. The average molecular weight is 476 g/mol. The third-order valence-corrected chi connectivity index (χ3v) is 5.53. The second kappa shape index (κ2) is 8.78. The van der Waals surface area contributed by atoms with Gasteiger partial charge in [0.05, 0.1) is 29.2 Å². The van der Waals surface area contributed by atoms with Crippen molar-refractivity contribution in [3.8, 4) is 5.75 Å². The highest BCUT2D eigenvalue weighted by Crippen LogP contribution is 2.39. The van der Waals surface area contributed by atoms with Gasteiger partial charge in [0.1, 0.15) is 12.4 Å². The minimum absolute atomic E-state index is 0.0917. The number of carboxylic acid groups (broad SMARTS) is 1. The number of nitrogens with zero attached hydrogens (tertiary/aromatic N) is 1. The highest BCUT2D eigenvalue weighted by atomic mass is 35.5. The molecule has 0 spiro atoms. The highest BCUT2D eigenvalue weighted by Gasteiger charge is 2.35. The molecule has 1 aliphatic rings. The first-order valence-corrected chi connectivity index (χ1v) is 10.2. The molecule has 0 saturated carbocycles. The van der Waals surface area contributed by atoms with Crippen molar-refractivity contribution < 1.29 is 32.6 Å². The van der Waals surface area contributed by atoms with Gasteiger partial charge < -0.3 is 14.7 Å². The van der Waals surface area contributed by atoms with Crippen molar-refractivity contribution in [2.24, 2.45) is 0 Å². The lowest BCUT2D eigenvalue weighted by Crippen LogP contribution is -2.23. The van der Waals surface area contributed by atoms with Crippen molar-refractivity contribution in [2.45, 2.75) is 25.7 Å². The molecule has 1 N–H and O–H groups in total. The summed E-state index contributed by atoms with van der Waals surface area (Å²) in [6.45, 7) is 0.244. The molecule has 0 aliphatic carbocycles. The predicted molar refractivity (Wildman–Crippen MR) is 116 cm³/mol. The molecule has 0 atom stereocenters. The predicted octanol–water partition coefficient (Wildman–Crippen LogP) is 5.73. The number of amides is 1. The van der Waals surface area contributed by atoms with Crippen LogP contribution in [0, 0.1) is 0 Å². The van der Waals surface area contributed by atoms with Crippen LogP contribution in [0.25, 0.3) is 0 Å². The van der Waals surface area contributed by atoms with Gasteiger partial charge in [0.2, 0.25) is 0 Å². The molecule has 3 aromatic carbocycles. The molecular formula is C24H17ClF3NO4. The Bertz CT molecular complexity index is 1240. The first kappa shape index (κ1) is 22.7. The van der Waals surface area contributed by atoms with E-state index >= 15 is 0 Å². The zero-order valence-electron chi connectivity index (χ0n) is 17.0. The molecule has 0 bridgehead atoms. The molecule has 0 saturated heterocycles. The van der Waals surface area contributed by atoms with E-state index in [-0.39, 0.29) is 36.2 Å². The van der Waals surface area contributed by atoms with Gasteiger partial charge in [-0.15, -0.1) is 0 Å². The molecule has 1 aliphatic heterocycles. The van der Waals surface area contributed by atoms with Crippen LogP contribution in [0.4, 0.5) is 18.9 Å². The summed E-state index contributed by atoms with van der Waals surface area (Å²) in [5, 5.41) is 8.78. The minimum Gasteiger partial charge on any atom is -0.489 e. The quantitative estimate of drug-likeness (QED) is 0.495. The third-order valence-electron chi connectivity index (χ3n) is 5.23. The molecule has 1 amide bonds. The lowest BCUT2D eigenvalue weighted by atomic mass is 10.1. The molecule has 9 heteroatoms. The number of alkyl halides is 3. The van der Waals surface area contributed by atoms with Crippen molar-refractivity contribution in [1.29, 1.82) is 0 Å². The number of anilines is 1. The van der Waals surface area contributed by atoms with Gasteiger partial charge in [0.25, 0.3) is 5.91 Å². The van der Waals surface area contributed by atoms with Crippen LogP contribution in [0.5, 0.6) is 5.75 Å². The van der Waals surface area contributed by atoms with E-state index in [1.54, 1.807) is 42.5 Å². The third kappa shape index (κ3) is 4.80. The molecule has 33 heavy (non-hydrogen) atoms. The maximum Gasteiger partial charge on any atom is 0.416 e. The van der Waals surface area contributed by atoms with Crippen LogP contribution in [0.15, 0.2) is 60.7 Å². The number of carbonyl (C=O) groups excluding carboxylic acids is 1. The van der Waals surface area contributed by atoms with E-state index in [0.717, 1.165) is 17.7 Å². The van der Waals surface area contributed by atoms with Gasteiger partial charge in [0, 0.05) is 11.1 Å². The largest absolute Gasteiger partial charge is 0.489 e. The molecular weight excluding hydrogens is 459 g/mol. The van der Waals surface area contributed by atoms with E-state index in [1.807, 2.05) is 0 Å². The first-order chi connectivity index (χ1) is 15.6. The summed E-state index contributed by atoms with van der Waals surface area (Å²) in [4.78, 5) is 25.2. The van der Waals surface area contributed by atoms with Crippen LogP contribution in [0.2, 0.25) is 5.02 Å². The summed E-state index contributed by atoms with van der Waals surface area (Å²) in [6, 6.07) is 14.8. The zero-order chi connectivity index (χ0) is 23.8. The van der Waals surface area contributed by atoms with E-state index in [2.05, 4.69) is 0 Å². The Balaban J connectivity index is 1.55. The average Bonchev–Trinajstić information content (AvgIpc) is 3.08. The molecule has 0 fully saturated rings. The van der Waals surface area contributed by atoms with Crippen LogP contribution in [-0.4, -0.2) is 17.0 Å². The number of benzene rings is 3. The number of halogens is 4. The van der Waals surface area contributed by atoms with E-state index in [0.29, 0.717) is 22.4 Å². The van der Waals surface area contributed by atoms with Gasteiger partial charge in [-0.1, -0.05) is 41.9 Å². The van der Waals surface area contributed by atoms with Crippen molar-refractivity contribution >= 4 is 29.2 Å². The standard InChI is InChI=1S/C24H17ClF3NO4/c25-19-11-16(24(26,27)28)7-8-20(19)29-12-18-17(23(29)32)5-2-6-21(18)33-13-15-4-1-3-14(9-15)10-22(30)31/h1-9,11H,10,12-13H2,(H,30,31). The Hall–Kier alpha value is -3.52. The molecule has 1 heterocycles. The molecule has 3 aromatic rings. The van der Waals surface area contributed by atoms with Gasteiger partial charge in [-0.2, -0.15) is 13.2 Å². The number of fused-ring (bicyclic) bond motifs is 1. The molecule has 0 aromatic heterocycles. The number of hydrogen-bond donors (Lipinski definition) is 1. The van der Waals surface area contributed by atoms with Crippen LogP contribution in [-0.2, 0) is 30.5 Å². The molecule has 4 rings (SSSR count). The fourth-order valence-electron chi connectivity index (χ4n) is 3.70. The summed E-state index contributed by atoms with van der Waals surface area (Å²) in [7, 11) is 0. The lowest BCUT2D eigenvalue weighted by Gasteiger charge is -2.19. The fourth-order valence-corrected chi connectivity index (χ4v) is 3.98. The van der Waals surface area contributed by atoms with Crippen LogP contribution < -0.4 is 9.64 Å². The number of carbonyl (C=O) groups is 2. The summed E-state index contributed by atoms with van der Waals surface area (Å²) in [6.07, 6.45) is -4.64. The normalized spacial score (nSPS) is 13.2. The van der Waals surface area contributed by atoms with E-state index in [1.165, 1.54) is 11.0 Å². The van der Waals surface area contributed by atoms with Crippen LogP contribution in [0.1, 0.15) is 32.6 Å².